The van der Waals surface area contributed by atoms with Crippen molar-refractivity contribution in [1.29, 1.82) is 0 Å². The first-order chi connectivity index (χ1) is 9.08. The number of anilines is 1. The van der Waals surface area contributed by atoms with Crippen LogP contribution in [-0.4, -0.2) is 22.9 Å². The number of phenolic OH excluding ortho intramolecular Hbond substituents is 1. The smallest absolute Gasteiger partial charge is 0.163 e. The van der Waals surface area contributed by atoms with E-state index in [1.165, 1.54) is 6.92 Å². The van der Waals surface area contributed by atoms with Gasteiger partial charge in [0.15, 0.2) is 5.78 Å². The van der Waals surface area contributed by atoms with Crippen LogP contribution in [0.5, 0.6) is 5.75 Å². The number of pyridine rings is 1. The second-order valence-electron chi connectivity index (χ2n) is 4.43. The first kappa shape index (κ1) is 13.1. The Morgan fingerprint density at radius 1 is 1.32 bits per heavy atom. The second-order valence-corrected chi connectivity index (χ2v) is 4.43. The van der Waals surface area contributed by atoms with E-state index in [2.05, 4.69) is 4.98 Å². The number of carbonyl (C=O) groups excluding carboxylic acids is 1. The minimum absolute atomic E-state index is 0.0119. The Balaban J connectivity index is 2.18. The molecule has 19 heavy (non-hydrogen) atoms. The lowest BCUT2D eigenvalue weighted by Crippen LogP contribution is -2.17. The van der Waals surface area contributed by atoms with Crippen LogP contribution >= 0.6 is 0 Å². The SMILES string of the molecule is CC(=O)c1ccc(N(C)Cc2ccccn2)cc1O. The van der Waals surface area contributed by atoms with E-state index >= 15 is 0 Å². The molecule has 1 aromatic carbocycles. The molecule has 0 amide bonds. The molecule has 0 fully saturated rings. The molecule has 0 saturated heterocycles. The fourth-order valence-electron chi connectivity index (χ4n) is 1.88. The van der Waals surface area contributed by atoms with Gasteiger partial charge in [0.05, 0.1) is 17.8 Å². The summed E-state index contributed by atoms with van der Waals surface area (Å²) in [4.78, 5) is 17.5. The van der Waals surface area contributed by atoms with Crippen molar-refractivity contribution in [3.8, 4) is 5.75 Å². The number of hydrogen-bond donors (Lipinski definition) is 1. The van der Waals surface area contributed by atoms with Crippen molar-refractivity contribution in [3.05, 3.63) is 53.9 Å². The summed E-state index contributed by atoms with van der Waals surface area (Å²) in [5.41, 5.74) is 2.13. The van der Waals surface area contributed by atoms with Crippen LogP contribution in [0.2, 0.25) is 0 Å². The molecule has 0 aliphatic rings. The average Bonchev–Trinajstić information content (AvgIpc) is 2.39. The topological polar surface area (TPSA) is 53.4 Å². The normalized spacial score (nSPS) is 10.2. The van der Waals surface area contributed by atoms with E-state index in [0.29, 0.717) is 12.1 Å². The molecule has 1 N–H and O–H groups in total. The Morgan fingerprint density at radius 3 is 2.68 bits per heavy atom. The molecule has 0 unspecified atom stereocenters. The maximum absolute atomic E-state index is 11.3. The summed E-state index contributed by atoms with van der Waals surface area (Å²) in [6.07, 6.45) is 1.75. The zero-order valence-corrected chi connectivity index (χ0v) is 11.0. The van der Waals surface area contributed by atoms with Crippen LogP contribution in [0, 0.1) is 0 Å². The molecule has 1 aromatic heterocycles. The summed E-state index contributed by atoms with van der Waals surface area (Å²) in [6.45, 7) is 2.08. The van der Waals surface area contributed by atoms with E-state index in [9.17, 15) is 9.90 Å². The van der Waals surface area contributed by atoms with Gasteiger partial charge in [-0.1, -0.05) is 6.07 Å². The maximum atomic E-state index is 11.3. The molecule has 4 heteroatoms. The van der Waals surface area contributed by atoms with Gasteiger partial charge in [0, 0.05) is 25.0 Å². The van der Waals surface area contributed by atoms with E-state index in [-0.39, 0.29) is 11.5 Å². The molecule has 0 bridgehead atoms. The Bertz CT molecular complexity index is 582. The number of nitrogens with zero attached hydrogens (tertiary/aromatic N) is 2. The van der Waals surface area contributed by atoms with E-state index in [4.69, 9.17) is 0 Å². The average molecular weight is 256 g/mol. The highest BCUT2D eigenvalue weighted by Crippen LogP contribution is 2.25. The molecule has 0 aliphatic carbocycles. The number of aromatic hydroxyl groups is 1. The maximum Gasteiger partial charge on any atom is 0.163 e. The molecule has 1 heterocycles. The summed E-state index contributed by atoms with van der Waals surface area (Å²) in [6, 6.07) is 10.8. The number of rotatable bonds is 4. The highest BCUT2D eigenvalue weighted by atomic mass is 16.3. The molecule has 0 atom stereocenters. The van der Waals surface area contributed by atoms with Gasteiger partial charge in [0.1, 0.15) is 5.75 Å². The van der Waals surface area contributed by atoms with Gasteiger partial charge in [-0.05, 0) is 31.2 Å². The van der Waals surface area contributed by atoms with E-state index in [1.807, 2.05) is 36.2 Å². The summed E-state index contributed by atoms with van der Waals surface area (Å²) in [7, 11) is 1.91. The number of aromatic nitrogens is 1. The highest BCUT2D eigenvalue weighted by molar-refractivity contribution is 5.97. The van der Waals surface area contributed by atoms with E-state index in [0.717, 1.165) is 11.4 Å². The molecule has 98 valence electrons. The van der Waals surface area contributed by atoms with E-state index in [1.54, 1.807) is 18.3 Å². The van der Waals surface area contributed by atoms with Gasteiger partial charge >= 0.3 is 0 Å². The Labute approximate surface area is 112 Å². The van der Waals surface area contributed by atoms with Gasteiger partial charge in [-0.2, -0.15) is 0 Å². The molecule has 0 aliphatic heterocycles. The summed E-state index contributed by atoms with van der Waals surface area (Å²) < 4.78 is 0. The lowest BCUT2D eigenvalue weighted by molar-refractivity contribution is 0.101. The highest BCUT2D eigenvalue weighted by Gasteiger charge is 2.09. The molecular weight excluding hydrogens is 240 g/mol. The third kappa shape index (κ3) is 3.10. The number of Topliss-reactive ketones (excluding diaryl/α,β-unsaturated/α-hetero) is 1. The summed E-state index contributed by atoms with van der Waals surface area (Å²) in [5.74, 6) is -0.130. The zero-order chi connectivity index (χ0) is 13.8. The quantitative estimate of drug-likeness (QED) is 0.854. The monoisotopic (exact) mass is 256 g/mol. The van der Waals surface area contributed by atoms with Crippen LogP contribution in [0.15, 0.2) is 42.6 Å². The third-order valence-electron chi connectivity index (χ3n) is 2.93. The second kappa shape index (κ2) is 5.52. The van der Waals surface area contributed by atoms with Gasteiger partial charge < -0.3 is 10.0 Å². The van der Waals surface area contributed by atoms with Crippen molar-refractivity contribution in [3.63, 3.8) is 0 Å². The largest absolute Gasteiger partial charge is 0.507 e. The number of phenols is 1. The predicted molar refractivity (Wildman–Crippen MR) is 74.5 cm³/mol. The standard InChI is InChI=1S/C15H16N2O2/c1-11(18)14-7-6-13(9-15(14)19)17(2)10-12-5-3-4-8-16-12/h3-9,19H,10H2,1-2H3. The van der Waals surface area contributed by atoms with Crippen LogP contribution in [0.1, 0.15) is 23.0 Å². The van der Waals surface area contributed by atoms with Gasteiger partial charge in [-0.3, -0.25) is 9.78 Å². The lowest BCUT2D eigenvalue weighted by atomic mass is 10.1. The summed E-state index contributed by atoms with van der Waals surface area (Å²) >= 11 is 0. The molecule has 2 rings (SSSR count). The van der Waals surface area contributed by atoms with Gasteiger partial charge in [0.25, 0.3) is 0 Å². The van der Waals surface area contributed by atoms with Crippen molar-refractivity contribution in [2.75, 3.05) is 11.9 Å². The number of benzene rings is 1. The first-order valence-electron chi connectivity index (χ1n) is 6.03. The minimum atomic E-state index is -0.142. The van der Waals surface area contributed by atoms with Crippen LogP contribution in [0.3, 0.4) is 0 Å². The van der Waals surface area contributed by atoms with E-state index < -0.39 is 0 Å². The van der Waals surface area contributed by atoms with Crippen LogP contribution < -0.4 is 4.90 Å². The molecule has 2 aromatic rings. The number of carbonyl (C=O) groups is 1. The van der Waals surface area contributed by atoms with Gasteiger partial charge in [-0.15, -0.1) is 0 Å². The number of ketones is 1. The number of hydrogen-bond acceptors (Lipinski definition) is 4. The zero-order valence-electron chi connectivity index (χ0n) is 11.0. The molecular formula is C15H16N2O2. The van der Waals surface area contributed by atoms with Crippen molar-refractivity contribution in [1.82, 2.24) is 4.98 Å². The molecule has 4 nitrogen and oxygen atoms in total. The van der Waals surface area contributed by atoms with Crippen LogP contribution in [0.25, 0.3) is 0 Å². The Kier molecular flexibility index (Phi) is 3.80. The lowest BCUT2D eigenvalue weighted by Gasteiger charge is -2.19. The summed E-state index contributed by atoms with van der Waals surface area (Å²) in [5, 5.41) is 9.81. The van der Waals surface area contributed by atoms with Gasteiger partial charge in [0.2, 0.25) is 0 Å². The third-order valence-corrected chi connectivity index (χ3v) is 2.93. The Hall–Kier alpha value is -2.36. The first-order valence-corrected chi connectivity index (χ1v) is 6.03. The fraction of sp³-hybridized carbons (Fsp3) is 0.200. The fourth-order valence-corrected chi connectivity index (χ4v) is 1.88. The van der Waals surface area contributed by atoms with Crippen molar-refractivity contribution in [2.24, 2.45) is 0 Å². The molecule has 0 radical (unpaired) electrons. The Morgan fingerprint density at radius 2 is 2.11 bits per heavy atom. The van der Waals surface area contributed by atoms with Crippen LogP contribution in [0.4, 0.5) is 5.69 Å². The van der Waals surface area contributed by atoms with Crippen molar-refractivity contribution >= 4 is 11.5 Å². The minimum Gasteiger partial charge on any atom is -0.507 e. The van der Waals surface area contributed by atoms with Crippen molar-refractivity contribution in [2.45, 2.75) is 13.5 Å². The predicted octanol–water partition coefficient (Wildman–Crippen LogP) is 2.63. The van der Waals surface area contributed by atoms with Crippen LogP contribution in [-0.2, 0) is 6.54 Å². The van der Waals surface area contributed by atoms with Gasteiger partial charge in [-0.25, -0.2) is 0 Å². The molecule has 0 spiro atoms. The molecule has 0 saturated carbocycles. The van der Waals surface area contributed by atoms with Crippen molar-refractivity contribution < 1.29 is 9.90 Å².